The fourth-order valence-corrected chi connectivity index (χ4v) is 4.98. The molecule has 1 aliphatic heterocycles. The number of rotatable bonds is 7. The van der Waals surface area contributed by atoms with Crippen molar-refractivity contribution in [3.05, 3.63) is 87.3 Å². The second-order valence-electron chi connectivity index (χ2n) is 9.49. The van der Waals surface area contributed by atoms with E-state index in [1.807, 2.05) is 49.4 Å². The van der Waals surface area contributed by atoms with Crippen LogP contribution in [0, 0.1) is 12.3 Å². The summed E-state index contributed by atoms with van der Waals surface area (Å²) in [6.45, 7) is 5.76. The van der Waals surface area contributed by atoms with Crippen LogP contribution in [-0.4, -0.2) is 50.9 Å². The number of hydrogen-bond donors (Lipinski definition) is 2. The van der Waals surface area contributed by atoms with Gasteiger partial charge in [0.25, 0.3) is 11.5 Å². The summed E-state index contributed by atoms with van der Waals surface area (Å²) in [5.41, 5.74) is 3.00. The van der Waals surface area contributed by atoms with E-state index in [4.69, 9.17) is 10.4 Å². The largest absolute Gasteiger partial charge is 0.351 e. The lowest BCUT2D eigenvalue weighted by atomic mass is 10.1. The van der Waals surface area contributed by atoms with Crippen molar-refractivity contribution in [1.82, 2.24) is 24.2 Å². The summed E-state index contributed by atoms with van der Waals surface area (Å²) in [5.74, 6) is -0.332. The van der Waals surface area contributed by atoms with Crippen LogP contribution in [0.1, 0.15) is 40.7 Å². The first-order valence-electron chi connectivity index (χ1n) is 12.7. The Labute approximate surface area is 209 Å². The van der Waals surface area contributed by atoms with Crippen molar-refractivity contribution in [3.8, 4) is 0 Å². The summed E-state index contributed by atoms with van der Waals surface area (Å²) >= 11 is 0. The molecule has 0 aliphatic carbocycles. The number of likely N-dealkylation sites (tertiary alicyclic amines) is 1. The molecule has 0 unspecified atom stereocenters. The maximum absolute atomic E-state index is 13.5. The third kappa shape index (κ3) is 4.81. The Morgan fingerprint density at radius 3 is 2.58 bits per heavy atom. The second-order valence-corrected chi connectivity index (χ2v) is 9.49. The third-order valence-corrected chi connectivity index (χ3v) is 7.01. The van der Waals surface area contributed by atoms with Gasteiger partial charge < -0.3 is 14.8 Å². The van der Waals surface area contributed by atoms with Crippen LogP contribution in [0.4, 0.5) is 0 Å². The quantitative estimate of drug-likeness (QED) is 0.394. The van der Waals surface area contributed by atoms with Gasteiger partial charge in [-0.3, -0.25) is 19.4 Å². The van der Waals surface area contributed by atoms with Crippen molar-refractivity contribution in [1.29, 1.82) is 5.41 Å². The maximum Gasteiger partial charge on any atom is 0.267 e. The summed E-state index contributed by atoms with van der Waals surface area (Å²) in [5, 5.41) is 12.2. The molecule has 5 rings (SSSR count). The fourth-order valence-electron chi connectivity index (χ4n) is 4.98. The van der Waals surface area contributed by atoms with E-state index in [2.05, 4.69) is 10.2 Å². The predicted molar refractivity (Wildman–Crippen MR) is 140 cm³/mol. The number of pyridine rings is 2. The molecule has 8 heteroatoms. The Bertz CT molecular complexity index is 1520. The molecule has 1 fully saturated rings. The van der Waals surface area contributed by atoms with E-state index >= 15 is 0 Å². The van der Waals surface area contributed by atoms with Gasteiger partial charge in [-0.2, -0.15) is 0 Å². The van der Waals surface area contributed by atoms with Crippen molar-refractivity contribution in [2.75, 3.05) is 26.2 Å². The van der Waals surface area contributed by atoms with Crippen molar-refractivity contribution >= 4 is 22.6 Å². The van der Waals surface area contributed by atoms with Crippen LogP contribution in [0.15, 0.2) is 59.5 Å². The van der Waals surface area contributed by atoms with E-state index in [1.165, 1.54) is 29.7 Å². The number of aromatic nitrogens is 3. The van der Waals surface area contributed by atoms with Gasteiger partial charge in [0.1, 0.15) is 16.8 Å². The number of nitrogens with zero attached hydrogens (tertiary/aromatic N) is 4. The lowest BCUT2D eigenvalue weighted by Gasteiger charge is -2.26. The van der Waals surface area contributed by atoms with Gasteiger partial charge in [-0.25, -0.2) is 4.98 Å². The second kappa shape index (κ2) is 10.5. The van der Waals surface area contributed by atoms with Crippen LogP contribution >= 0.6 is 0 Å². The van der Waals surface area contributed by atoms with Crippen LogP contribution in [0.5, 0.6) is 0 Å². The number of amides is 1. The van der Waals surface area contributed by atoms with Gasteiger partial charge in [0, 0.05) is 25.8 Å². The van der Waals surface area contributed by atoms with Gasteiger partial charge >= 0.3 is 0 Å². The minimum absolute atomic E-state index is 0.0683. The highest BCUT2D eigenvalue weighted by Gasteiger charge is 2.18. The van der Waals surface area contributed by atoms with Crippen LogP contribution in [0.3, 0.4) is 0 Å². The number of aryl methyl sites for hydroxylation is 3. The molecule has 8 nitrogen and oxygen atoms in total. The highest BCUT2D eigenvalue weighted by atomic mass is 16.1. The van der Waals surface area contributed by atoms with Crippen molar-refractivity contribution in [3.63, 3.8) is 0 Å². The summed E-state index contributed by atoms with van der Waals surface area (Å²) in [7, 11) is 0. The molecule has 4 aromatic rings. The first kappa shape index (κ1) is 23.9. The minimum atomic E-state index is -0.332. The molecule has 0 radical (unpaired) electrons. The predicted octanol–water partition coefficient (Wildman–Crippen LogP) is 2.90. The van der Waals surface area contributed by atoms with E-state index in [1.54, 1.807) is 10.8 Å². The molecule has 2 N–H and O–H groups in total. The third-order valence-electron chi connectivity index (χ3n) is 7.01. The zero-order valence-electron chi connectivity index (χ0n) is 20.7. The zero-order valence-corrected chi connectivity index (χ0v) is 20.7. The number of fused-ring (bicyclic) bond motifs is 2. The molecule has 186 valence electrons. The van der Waals surface area contributed by atoms with Gasteiger partial charge in [-0.05, 0) is 62.5 Å². The van der Waals surface area contributed by atoms with E-state index < -0.39 is 0 Å². The van der Waals surface area contributed by atoms with E-state index in [9.17, 15) is 9.59 Å². The molecule has 1 aromatic carbocycles. The summed E-state index contributed by atoms with van der Waals surface area (Å²) in [6.07, 6.45) is 6.01. The monoisotopic (exact) mass is 484 g/mol. The van der Waals surface area contributed by atoms with E-state index in [0.29, 0.717) is 36.2 Å². The van der Waals surface area contributed by atoms with Crippen molar-refractivity contribution in [2.24, 2.45) is 0 Å². The number of nitrogens with one attached hydrogen (secondary N) is 2. The first-order valence-corrected chi connectivity index (χ1v) is 12.7. The number of benzene rings is 1. The van der Waals surface area contributed by atoms with Crippen LogP contribution in [-0.2, 0) is 13.0 Å². The lowest BCUT2D eigenvalue weighted by molar-refractivity contribution is 0.0944. The molecule has 4 heterocycles. The molecule has 1 aliphatic rings. The fraction of sp³-hybridized carbons (Fsp3) is 0.357. The molecular formula is C28H32N6O2. The van der Waals surface area contributed by atoms with Gasteiger partial charge in [-0.15, -0.1) is 0 Å². The van der Waals surface area contributed by atoms with Gasteiger partial charge in [0.05, 0.1) is 10.9 Å². The van der Waals surface area contributed by atoms with Crippen LogP contribution in [0.2, 0.25) is 0 Å². The molecule has 1 saturated heterocycles. The number of piperidine rings is 1. The molecule has 1 amide bonds. The average Bonchev–Trinajstić information content (AvgIpc) is 2.90. The van der Waals surface area contributed by atoms with Crippen LogP contribution in [0.25, 0.3) is 16.7 Å². The molecule has 3 aromatic heterocycles. The Balaban J connectivity index is 1.54. The van der Waals surface area contributed by atoms with Crippen LogP contribution < -0.4 is 16.4 Å². The SMILES string of the molecule is Cc1cccn2c(=O)c3cc(C(=O)NCCN4CCCCC4)c(=N)n(CCc4ccccc4)c3nc12. The Kier molecular flexibility index (Phi) is 6.95. The highest BCUT2D eigenvalue weighted by molar-refractivity contribution is 5.96. The number of carbonyl (C=O) groups excluding carboxylic acids is 1. The topological polar surface area (TPSA) is 95.5 Å². The average molecular weight is 485 g/mol. The molecule has 0 spiro atoms. The molecule has 0 saturated carbocycles. The minimum Gasteiger partial charge on any atom is -0.351 e. The Morgan fingerprint density at radius 1 is 1.03 bits per heavy atom. The van der Waals surface area contributed by atoms with Crippen molar-refractivity contribution < 1.29 is 4.79 Å². The standard InChI is InChI=1S/C28H32N6O2/c1-20-9-8-16-34-25(20)31-26-23(28(34)36)19-22(27(35)30-13-18-32-14-6-3-7-15-32)24(29)33(26)17-12-21-10-4-2-5-11-21/h2,4-5,8-11,16,19,29H,3,6-7,12-15,17-18H2,1H3,(H,30,35). The number of carbonyl (C=O) groups is 1. The zero-order chi connectivity index (χ0) is 25.1. The van der Waals surface area contributed by atoms with Gasteiger partial charge in [0.15, 0.2) is 0 Å². The summed E-state index contributed by atoms with van der Waals surface area (Å²) < 4.78 is 3.22. The Hall–Kier alpha value is -3.78. The van der Waals surface area contributed by atoms with E-state index in [0.717, 1.165) is 30.8 Å². The van der Waals surface area contributed by atoms with Gasteiger partial charge in [0.2, 0.25) is 0 Å². The maximum atomic E-state index is 13.5. The number of hydrogen-bond acceptors (Lipinski definition) is 5. The summed E-state index contributed by atoms with van der Waals surface area (Å²) in [6, 6.07) is 15.3. The normalized spacial score (nSPS) is 14.4. The first-order chi connectivity index (χ1) is 17.5. The van der Waals surface area contributed by atoms with Crippen molar-refractivity contribution in [2.45, 2.75) is 39.2 Å². The molecule has 0 bridgehead atoms. The van der Waals surface area contributed by atoms with Gasteiger partial charge in [-0.1, -0.05) is 42.8 Å². The molecular weight excluding hydrogens is 452 g/mol. The highest BCUT2D eigenvalue weighted by Crippen LogP contribution is 2.14. The lowest BCUT2D eigenvalue weighted by Crippen LogP contribution is -2.40. The molecule has 0 atom stereocenters. The Morgan fingerprint density at radius 2 is 1.81 bits per heavy atom. The van der Waals surface area contributed by atoms with E-state index in [-0.39, 0.29) is 22.5 Å². The molecule has 36 heavy (non-hydrogen) atoms. The summed E-state index contributed by atoms with van der Waals surface area (Å²) in [4.78, 5) is 33.9. The smallest absolute Gasteiger partial charge is 0.267 e.